The van der Waals surface area contributed by atoms with E-state index in [9.17, 15) is 5.11 Å². The minimum absolute atomic E-state index is 0.00926. The third-order valence-corrected chi connectivity index (χ3v) is 1.84. The van der Waals surface area contributed by atoms with Gasteiger partial charge in [-0.2, -0.15) is 0 Å². The Balaban J connectivity index is 2.16. The first-order valence-electron chi connectivity index (χ1n) is 3.48. The highest BCUT2D eigenvalue weighted by atomic mass is 16.5. The summed E-state index contributed by atoms with van der Waals surface area (Å²) in [5, 5.41) is 16.7. The van der Waals surface area contributed by atoms with E-state index in [4.69, 9.17) is 4.74 Å². The lowest BCUT2D eigenvalue weighted by atomic mass is 10.2. The summed E-state index contributed by atoms with van der Waals surface area (Å²) >= 11 is 0. The molecule has 1 aromatic heterocycles. The van der Waals surface area contributed by atoms with Crippen LogP contribution in [-0.4, -0.2) is 39.2 Å². The van der Waals surface area contributed by atoms with Crippen LogP contribution in [0.25, 0.3) is 0 Å². The Bertz CT molecular complexity index is 224. The van der Waals surface area contributed by atoms with Crippen molar-refractivity contribution in [2.45, 2.75) is 12.1 Å². The van der Waals surface area contributed by atoms with Crippen molar-refractivity contribution in [3.63, 3.8) is 0 Å². The Morgan fingerprint density at radius 3 is 2.64 bits per heavy atom. The molecule has 1 N–H and O–H groups in total. The van der Waals surface area contributed by atoms with Crippen molar-refractivity contribution in [1.82, 2.24) is 14.8 Å². The minimum Gasteiger partial charge on any atom is -0.388 e. The zero-order chi connectivity index (χ0) is 7.68. The van der Waals surface area contributed by atoms with Crippen LogP contribution in [0.3, 0.4) is 0 Å². The van der Waals surface area contributed by atoms with Crippen molar-refractivity contribution >= 4 is 0 Å². The zero-order valence-corrected chi connectivity index (χ0v) is 5.92. The van der Waals surface area contributed by atoms with E-state index in [1.807, 2.05) is 0 Å². The highest BCUT2D eigenvalue weighted by Gasteiger charge is 2.27. The molecule has 0 aliphatic carbocycles. The molecule has 5 nitrogen and oxygen atoms in total. The van der Waals surface area contributed by atoms with Gasteiger partial charge in [-0.1, -0.05) is 0 Å². The van der Waals surface area contributed by atoms with Gasteiger partial charge >= 0.3 is 0 Å². The van der Waals surface area contributed by atoms with Crippen LogP contribution in [0.15, 0.2) is 12.7 Å². The molecule has 0 amide bonds. The van der Waals surface area contributed by atoms with Crippen molar-refractivity contribution in [3.8, 4) is 0 Å². The van der Waals surface area contributed by atoms with E-state index in [2.05, 4.69) is 10.2 Å². The highest BCUT2D eigenvalue weighted by Crippen LogP contribution is 2.17. The lowest BCUT2D eigenvalue weighted by Gasteiger charge is -2.11. The number of nitrogens with zero attached hydrogens (tertiary/aromatic N) is 3. The number of aromatic nitrogens is 3. The summed E-state index contributed by atoms with van der Waals surface area (Å²) in [4.78, 5) is 0. The van der Waals surface area contributed by atoms with Crippen LogP contribution < -0.4 is 0 Å². The monoisotopic (exact) mass is 155 g/mol. The summed E-state index contributed by atoms with van der Waals surface area (Å²) in [6.45, 7) is 0.946. The number of rotatable bonds is 1. The summed E-state index contributed by atoms with van der Waals surface area (Å²) in [5.74, 6) is 0. The van der Waals surface area contributed by atoms with Gasteiger partial charge in [0, 0.05) is 0 Å². The summed E-state index contributed by atoms with van der Waals surface area (Å²) in [6, 6.07) is -0.00926. The van der Waals surface area contributed by atoms with E-state index in [1.165, 1.54) is 0 Å². The minimum atomic E-state index is -0.425. The molecule has 1 saturated heterocycles. The van der Waals surface area contributed by atoms with Crippen LogP contribution in [0.5, 0.6) is 0 Å². The fourth-order valence-corrected chi connectivity index (χ4v) is 1.20. The van der Waals surface area contributed by atoms with E-state index in [0.29, 0.717) is 13.2 Å². The number of aliphatic hydroxyl groups is 1. The molecule has 1 aromatic rings. The topological polar surface area (TPSA) is 60.2 Å². The number of aliphatic hydroxyl groups excluding tert-OH is 1. The van der Waals surface area contributed by atoms with Crippen molar-refractivity contribution in [1.29, 1.82) is 0 Å². The van der Waals surface area contributed by atoms with Crippen molar-refractivity contribution in [3.05, 3.63) is 12.7 Å². The Hall–Kier alpha value is -0.940. The Morgan fingerprint density at radius 1 is 1.36 bits per heavy atom. The van der Waals surface area contributed by atoms with Crippen LogP contribution in [0.4, 0.5) is 0 Å². The average molecular weight is 155 g/mol. The van der Waals surface area contributed by atoms with Gasteiger partial charge < -0.3 is 14.4 Å². The number of hydrogen-bond acceptors (Lipinski definition) is 4. The molecule has 60 valence electrons. The molecule has 1 aliphatic rings. The molecule has 11 heavy (non-hydrogen) atoms. The van der Waals surface area contributed by atoms with Crippen molar-refractivity contribution < 1.29 is 9.84 Å². The SMILES string of the molecule is O[C@H]1COC[C@@H]1n1cnnc1. The second kappa shape index (κ2) is 2.60. The predicted molar refractivity (Wildman–Crippen MR) is 35.9 cm³/mol. The van der Waals surface area contributed by atoms with Gasteiger partial charge in [-0.05, 0) is 0 Å². The maximum Gasteiger partial charge on any atom is 0.119 e. The molecule has 1 aliphatic heterocycles. The smallest absolute Gasteiger partial charge is 0.119 e. The largest absolute Gasteiger partial charge is 0.388 e. The molecule has 5 heteroatoms. The van der Waals surface area contributed by atoms with Crippen molar-refractivity contribution in [2.24, 2.45) is 0 Å². The van der Waals surface area contributed by atoms with E-state index in [-0.39, 0.29) is 6.04 Å². The highest BCUT2D eigenvalue weighted by molar-refractivity contribution is 4.82. The summed E-state index contributed by atoms with van der Waals surface area (Å²) in [5.41, 5.74) is 0. The molecule has 0 spiro atoms. The van der Waals surface area contributed by atoms with Crippen LogP contribution in [0, 0.1) is 0 Å². The number of hydrogen-bond donors (Lipinski definition) is 1. The van der Waals surface area contributed by atoms with Gasteiger partial charge in [0.05, 0.1) is 19.3 Å². The van der Waals surface area contributed by atoms with E-state index >= 15 is 0 Å². The average Bonchev–Trinajstić information content (AvgIpc) is 2.55. The number of ether oxygens (including phenoxy) is 1. The van der Waals surface area contributed by atoms with Gasteiger partial charge in [-0.3, -0.25) is 0 Å². The molecular formula is C6H9N3O2. The standard InChI is InChI=1S/C6H9N3O2/c10-6-2-11-1-5(6)9-3-7-8-4-9/h3-6,10H,1-2H2/t5-,6-/m0/s1. The second-order valence-electron chi connectivity index (χ2n) is 2.58. The van der Waals surface area contributed by atoms with E-state index in [1.54, 1.807) is 17.2 Å². The second-order valence-corrected chi connectivity index (χ2v) is 2.58. The molecule has 0 radical (unpaired) electrons. The fraction of sp³-hybridized carbons (Fsp3) is 0.667. The van der Waals surface area contributed by atoms with Gasteiger partial charge in [0.2, 0.25) is 0 Å². The molecule has 0 saturated carbocycles. The first-order valence-corrected chi connectivity index (χ1v) is 3.48. The molecule has 0 unspecified atom stereocenters. The van der Waals surface area contributed by atoms with Gasteiger partial charge in [0.15, 0.2) is 0 Å². The van der Waals surface area contributed by atoms with Crippen LogP contribution >= 0.6 is 0 Å². The lowest BCUT2D eigenvalue weighted by Crippen LogP contribution is -2.20. The molecule has 2 atom stereocenters. The summed E-state index contributed by atoms with van der Waals surface area (Å²) in [6.07, 6.45) is 2.75. The van der Waals surface area contributed by atoms with Gasteiger partial charge in [-0.25, -0.2) is 0 Å². The predicted octanol–water partition coefficient (Wildman–Crippen LogP) is -0.790. The fourth-order valence-electron chi connectivity index (χ4n) is 1.20. The maximum atomic E-state index is 9.36. The molecular weight excluding hydrogens is 146 g/mol. The molecule has 0 aromatic carbocycles. The first kappa shape index (κ1) is 6.75. The third-order valence-electron chi connectivity index (χ3n) is 1.84. The molecule has 1 fully saturated rings. The Morgan fingerprint density at radius 2 is 2.09 bits per heavy atom. The van der Waals surface area contributed by atoms with E-state index < -0.39 is 6.10 Å². The van der Waals surface area contributed by atoms with Crippen LogP contribution in [-0.2, 0) is 4.74 Å². The Labute approximate surface area is 63.6 Å². The first-order chi connectivity index (χ1) is 5.38. The van der Waals surface area contributed by atoms with Crippen LogP contribution in [0.2, 0.25) is 0 Å². The lowest BCUT2D eigenvalue weighted by molar-refractivity contribution is 0.119. The molecule has 2 heterocycles. The summed E-state index contributed by atoms with van der Waals surface area (Å²) in [7, 11) is 0. The quantitative estimate of drug-likeness (QED) is 0.577. The van der Waals surface area contributed by atoms with Crippen molar-refractivity contribution in [2.75, 3.05) is 13.2 Å². The molecule has 0 bridgehead atoms. The maximum absolute atomic E-state index is 9.36. The Kier molecular flexibility index (Phi) is 1.59. The third kappa shape index (κ3) is 1.12. The van der Waals surface area contributed by atoms with Gasteiger partial charge in [0.1, 0.15) is 18.8 Å². The normalized spacial score (nSPS) is 31.0. The van der Waals surface area contributed by atoms with E-state index in [0.717, 1.165) is 0 Å². The van der Waals surface area contributed by atoms with Crippen LogP contribution in [0.1, 0.15) is 6.04 Å². The molecule has 2 rings (SSSR count). The summed E-state index contributed by atoms with van der Waals surface area (Å²) < 4.78 is 6.83. The van der Waals surface area contributed by atoms with Gasteiger partial charge in [-0.15, -0.1) is 10.2 Å². The zero-order valence-electron chi connectivity index (χ0n) is 5.92. The van der Waals surface area contributed by atoms with Gasteiger partial charge in [0.25, 0.3) is 0 Å².